The number of hydrogen-bond acceptors (Lipinski definition) is 10. The average molecular weight is 724 g/mol. The number of rotatable bonds is 7. The van der Waals surface area contributed by atoms with Crippen LogP contribution in [0.1, 0.15) is 33.6 Å². The zero-order valence-corrected chi connectivity index (χ0v) is 29.2. The molecule has 2 aromatic heterocycles. The first kappa shape index (κ1) is 35.7. The van der Waals surface area contributed by atoms with Gasteiger partial charge in [0.2, 0.25) is 0 Å². The fraction of sp³-hybridized carbons (Fsp3) is 0.429. The second-order valence-electron chi connectivity index (χ2n) is 13.4. The molecule has 2 saturated heterocycles. The number of halogens is 3. The maximum Gasteiger partial charge on any atom is 0.410 e. The third kappa shape index (κ3) is 7.24. The van der Waals surface area contributed by atoms with Gasteiger partial charge in [0.05, 0.1) is 47.6 Å². The fourth-order valence-corrected chi connectivity index (χ4v) is 6.79. The van der Waals surface area contributed by atoms with Crippen molar-refractivity contribution in [3.05, 3.63) is 53.2 Å². The Morgan fingerprint density at radius 1 is 1.10 bits per heavy atom. The number of fused-ring (bicyclic) bond motifs is 2. The second-order valence-corrected chi connectivity index (χ2v) is 13.8. The van der Waals surface area contributed by atoms with Gasteiger partial charge in [-0.1, -0.05) is 35.9 Å². The Morgan fingerprint density at radius 3 is 2.59 bits per heavy atom. The SMILES string of the molecule is CO[C@@H]1C[C@@H](COc2nc(N3CCN(C(=O)O)[C@@H](CC#N)C3)c3cnc(-c4cccc5ccc(F)c(Cl)c45)c(F)c3n2)N(C(=O)OC(C)(C)C)C1. The van der Waals surface area contributed by atoms with Crippen molar-refractivity contribution < 1.29 is 37.7 Å². The zero-order chi connectivity index (χ0) is 36.6. The Labute approximate surface area is 297 Å². The molecule has 0 saturated carbocycles. The minimum absolute atomic E-state index is 0.0583. The lowest BCUT2D eigenvalue weighted by Gasteiger charge is -2.39. The van der Waals surface area contributed by atoms with Crippen molar-refractivity contribution in [2.75, 3.05) is 44.8 Å². The van der Waals surface area contributed by atoms with Gasteiger partial charge in [0, 0.05) is 43.9 Å². The standard InChI is InChI=1S/C35H36ClF2N7O6/c1-35(2,3)51-34(48)45-17-22(49-4)14-21(45)18-50-32-41-30-24(31(42-32)43-12-13-44(33(46)47)20(16-43)10-11-39)15-40-29(28(30)38)23-7-5-6-19-8-9-25(37)27(36)26(19)23/h5-9,15,20-22H,10,12-14,16-18H2,1-4H3,(H,46,47)/t20-,21-,22+/m0/s1. The Hall–Kier alpha value is -5.07. The summed E-state index contributed by atoms with van der Waals surface area (Å²) in [5.41, 5.74) is -0.787. The highest BCUT2D eigenvalue weighted by atomic mass is 35.5. The number of pyridine rings is 1. The molecule has 4 aromatic rings. The van der Waals surface area contributed by atoms with Gasteiger partial charge in [-0.25, -0.2) is 18.4 Å². The number of carboxylic acid groups (broad SMARTS) is 1. The number of benzene rings is 2. The van der Waals surface area contributed by atoms with Crippen LogP contribution in [0.3, 0.4) is 0 Å². The molecule has 0 aliphatic carbocycles. The number of carbonyl (C=O) groups excluding carboxylic acids is 1. The van der Waals surface area contributed by atoms with Crippen LogP contribution in [0.2, 0.25) is 5.02 Å². The molecule has 0 spiro atoms. The molecule has 6 rings (SSSR count). The molecule has 4 heterocycles. The van der Waals surface area contributed by atoms with Crippen molar-refractivity contribution in [2.45, 2.75) is 57.4 Å². The van der Waals surface area contributed by atoms with Gasteiger partial charge >= 0.3 is 18.2 Å². The third-order valence-electron chi connectivity index (χ3n) is 8.93. The van der Waals surface area contributed by atoms with Gasteiger partial charge in [-0.3, -0.25) is 9.88 Å². The van der Waals surface area contributed by atoms with E-state index in [0.29, 0.717) is 11.8 Å². The Balaban J connectivity index is 1.43. The molecule has 0 radical (unpaired) electrons. The van der Waals surface area contributed by atoms with E-state index in [9.17, 15) is 24.3 Å². The first-order valence-corrected chi connectivity index (χ1v) is 16.7. The summed E-state index contributed by atoms with van der Waals surface area (Å²) >= 11 is 6.38. The van der Waals surface area contributed by atoms with Crippen molar-refractivity contribution >= 4 is 51.3 Å². The van der Waals surface area contributed by atoms with Crippen LogP contribution in [0.5, 0.6) is 6.01 Å². The van der Waals surface area contributed by atoms with Gasteiger partial charge in [-0.2, -0.15) is 15.2 Å². The summed E-state index contributed by atoms with van der Waals surface area (Å²) in [6, 6.07) is 8.41. The summed E-state index contributed by atoms with van der Waals surface area (Å²) < 4.78 is 48.6. The smallest absolute Gasteiger partial charge is 0.410 e. The number of methoxy groups -OCH3 is 1. The lowest BCUT2D eigenvalue weighted by atomic mass is 10.0. The number of amides is 2. The Bertz CT molecular complexity index is 2040. The summed E-state index contributed by atoms with van der Waals surface area (Å²) in [7, 11) is 1.55. The molecule has 2 fully saturated rings. The summed E-state index contributed by atoms with van der Waals surface area (Å²) in [4.78, 5) is 43.0. The zero-order valence-electron chi connectivity index (χ0n) is 28.4. The first-order valence-electron chi connectivity index (χ1n) is 16.3. The van der Waals surface area contributed by atoms with Gasteiger partial charge in [0.1, 0.15) is 35.1 Å². The summed E-state index contributed by atoms with van der Waals surface area (Å²) in [6.45, 7) is 5.81. The fourth-order valence-electron chi connectivity index (χ4n) is 6.52. The Kier molecular flexibility index (Phi) is 10.0. The molecule has 0 bridgehead atoms. The van der Waals surface area contributed by atoms with Crippen LogP contribution in [0.15, 0.2) is 36.5 Å². The van der Waals surface area contributed by atoms with Crippen molar-refractivity contribution in [2.24, 2.45) is 0 Å². The normalized spacial score (nSPS) is 19.4. The number of piperazine rings is 1. The lowest BCUT2D eigenvalue weighted by molar-refractivity contribution is 0.0161. The lowest BCUT2D eigenvalue weighted by Crippen LogP contribution is -2.55. The monoisotopic (exact) mass is 723 g/mol. The van der Waals surface area contributed by atoms with Crippen LogP contribution in [0.4, 0.5) is 24.2 Å². The van der Waals surface area contributed by atoms with E-state index in [4.69, 9.17) is 25.8 Å². The van der Waals surface area contributed by atoms with Crippen LogP contribution < -0.4 is 9.64 Å². The number of aromatic nitrogens is 3. The molecule has 2 amide bonds. The third-order valence-corrected chi connectivity index (χ3v) is 9.30. The predicted molar refractivity (Wildman–Crippen MR) is 184 cm³/mol. The first-order chi connectivity index (χ1) is 24.3. The maximum absolute atomic E-state index is 16.8. The van der Waals surface area contributed by atoms with Gasteiger partial charge in [-0.05, 0) is 38.6 Å². The molecular weight excluding hydrogens is 688 g/mol. The van der Waals surface area contributed by atoms with Crippen molar-refractivity contribution in [1.82, 2.24) is 24.8 Å². The molecular formula is C35H36ClF2N7O6. The topological polar surface area (TPSA) is 154 Å². The van der Waals surface area contributed by atoms with Crippen molar-refractivity contribution in [3.63, 3.8) is 0 Å². The minimum atomic E-state index is -1.16. The van der Waals surface area contributed by atoms with Gasteiger partial charge in [0.15, 0.2) is 5.82 Å². The Morgan fingerprint density at radius 2 is 1.88 bits per heavy atom. The molecule has 51 heavy (non-hydrogen) atoms. The van der Waals surface area contributed by atoms with Gasteiger partial charge in [-0.15, -0.1) is 0 Å². The summed E-state index contributed by atoms with van der Waals surface area (Å²) in [5.74, 6) is -1.30. The molecule has 13 nitrogen and oxygen atoms in total. The molecule has 0 unspecified atom stereocenters. The molecule has 2 aliphatic rings. The van der Waals surface area contributed by atoms with Crippen LogP contribution in [-0.2, 0) is 9.47 Å². The largest absolute Gasteiger partial charge is 0.465 e. The number of ether oxygens (including phenoxy) is 3. The van der Waals surface area contributed by atoms with E-state index in [0.717, 1.165) is 0 Å². The second kappa shape index (κ2) is 14.3. The molecule has 1 N–H and O–H groups in total. The number of anilines is 1. The van der Waals surface area contributed by atoms with E-state index in [1.54, 1.807) is 51.0 Å². The number of nitriles is 1. The van der Waals surface area contributed by atoms with Crippen LogP contribution in [-0.4, -0.2) is 106 Å². The van der Waals surface area contributed by atoms with Crippen LogP contribution in [0, 0.1) is 23.0 Å². The van der Waals surface area contributed by atoms with E-state index >= 15 is 4.39 Å². The van der Waals surface area contributed by atoms with Crippen molar-refractivity contribution in [1.29, 1.82) is 5.26 Å². The van der Waals surface area contributed by atoms with E-state index in [1.165, 1.54) is 28.1 Å². The van der Waals surface area contributed by atoms with E-state index < -0.39 is 41.5 Å². The quantitative estimate of drug-likeness (QED) is 0.230. The molecule has 16 heteroatoms. The molecule has 2 aliphatic heterocycles. The van der Waals surface area contributed by atoms with Crippen LogP contribution >= 0.6 is 11.6 Å². The highest BCUT2D eigenvalue weighted by Gasteiger charge is 2.39. The average Bonchev–Trinajstić information content (AvgIpc) is 3.52. The highest BCUT2D eigenvalue weighted by Crippen LogP contribution is 2.38. The predicted octanol–water partition coefficient (Wildman–Crippen LogP) is 6.26. The number of carbonyl (C=O) groups is 2. The number of hydrogen-bond donors (Lipinski definition) is 1. The van der Waals surface area contributed by atoms with Crippen LogP contribution in [0.25, 0.3) is 32.9 Å². The summed E-state index contributed by atoms with van der Waals surface area (Å²) in [6.07, 6.45) is -0.217. The molecule has 268 valence electrons. The van der Waals surface area contributed by atoms with Gasteiger partial charge in [0.25, 0.3) is 0 Å². The number of likely N-dealkylation sites (tertiary alicyclic amines) is 1. The molecule has 2 aromatic carbocycles. The van der Waals surface area contributed by atoms with E-state index in [-0.39, 0.29) is 89.7 Å². The van der Waals surface area contributed by atoms with E-state index in [2.05, 4.69) is 15.0 Å². The number of nitrogens with zero attached hydrogens (tertiary/aromatic N) is 7. The maximum atomic E-state index is 16.8. The highest BCUT2D eigenvalue weighted by molar-refractivity contribution is 6.36. The van der Waals surface area contributed by atoms with E-state index in [1.807, 2.05) is 6.07 Å². The van der Waals surface area contributed by atoms with Gasteiger partial charge < -0.3 is 29.1 Å². The van der Waals surface area contributed by atoms with Crippen molar-refractivity contribution in [3.8, 4) is 23.3 Å². The molecule has 3 atom stereocenters. The minimum Gasteiger partial charge on any atom is -0.465 e. The summed E-state index contributed by atoms with van der Waals surface area (Å²) in [5, 5.41) is 20.1.